The van der Waals surface area contributed by atoms with Gasteiger partial charge in [0.2, 0.25) is 5.90 Å². The zero-order valence-corrected chi connectivity index (χ0v) is 16.0. The Balaban J connectivity index is 1.70. The maximum absolute atomic E-state index is 5.96. The first-order valence-corrected chi connectivity index (χ1v) is 9.08. The number of thiophene rings is 1. The van der Waals surface area contributed by atoms with Crippen LogP contribution in [0.4, 0.5) is 0 Å². The van der Waals surface area contributed by atoms with Gasteiger partial charge in [-0.05, 0) is 39.8 Å². The predicted molar refractivity (Wildman–Crippen MR) is 97.1 cm³/mol. The summed E-state index contributed by atoms with van der Waals surface area (Å²) in [6, 6.07) is 3.98. The summed E-state index contributed by atoms with van der Waals surface area (Å²) in [5.41, 5.74) is -0.185. The molecule has 0 radical (unpaired) electrons. The molecule has 0 unspecified atom stereocenters. The number of nitrogens with zero attached hydrogens (tertiary/aromatic N) is 3. The average molecular weight is 354 g/mol. The lowest BCUT2D eigenvalue weighted by Crippen LogP contribution is -2.44. The van der Waals surface area contributed by atoms with E-state index in [0.717, 1.165) is 17.3 Å². The standard InChI is InChI=1S/C17H24ClN3OS/c1-16(2)11-21-15(20(16)5)10-14(19-17(21,3)4)22-9-8-12-6-7-13(18)23-12/h6-7,10H,8-9,11H2,1-5H3. The second-order valence-corrected chi connectivity index (χ2v) is 9.01. The van der Waals surface area contributed by atoms with Crippen LogP contribution in [0.1, 0.15) is 32.6 Å². The van der Waals surface area contributed by atoms with Gasteiger partial charge in [-0.1, -0.05) is 11.6 Å². The number of fused-ring (bicyclic) bond motifs is 1. The molecule has 0 spiro atoms. The molecule has 2 aliphatic heterocycles. The minimum atomic E-state index is -0.284. The van der Waals surface area contributed by atoms with Crippen molar-refractivity contribution >= 4 is 28.8 Å². The minimum Gasteiger partial charge on any atom is -0.477 e. The molecule has 3 heterocycles. The summed E-state index contributed by atoms with van der Waals surface area (Å²) >= 11 is 7.57. The van der Waals surface area contributed by atoms with Crippen LogP contribution < -0.4 is 0 Å². The molecule has 1 aromatic rings. The number of hydrogen-bond donors (Lipinski definition) is 0. The second-order valence-electron chi connectivity index (χ2n) is 7.21. The molecule has 0 saturated carbocycles. The van der Waals surface area contributed by atoms with Crippen molar-refractivity contribution in [2.24, 2.45) is 4.99 Å². The Morgan fingerprint density at radius 3 is 2.70 bits per heavy atom. The van der Waals surface area contributed by atoms with Gasteiger partial charge in [0, 0.05) is 31.0 Å². The van der Waals surface area contributed by atoms with Crippen LogP contribution >= 0.6 is 22.9 Å². The fourth-order valence-corrected chi connectivity index (χ4v) is 4.07. The Labute approximate surface area is 147 Å². The monoisotopic (exact) mass is 353 g/mol. The summed E-state index contributed by atoms with van der Waals surface area (Å²) in [5, 5.41) is 0. The predicted octanol–water partition coefficient (Wildman–Crippen LogP) is 3.98. The van der Waals surface area contributed by atoms with Gasteiger partial charge in [-0.15, -0.1) is 11.3 Å². The van der Waals surface area contributed by atoms with Crippen molar-refractivity contribution in [2.45, 2.75) is 45.3 Å². The van der Waals surface area contributed by atoms with Gasteiger partial charge in [0.25, 0.3) is 0 Å². The molecule has 2 aliphatic rings. The Bertz CT molecular complexity index is 663. The minimum absolute atomic E-state index is 0.0990. The maximum Gasteiger partial charge on any atom is 0.214 e. The molecule has 4 nitrogen and oxygen atoms in total. The van der Waals surface area contributed by atoms with Crippen LogP contribution in [-0.2, 0) is 11.2 Å². The zero-order chi connectivity index (χ0) is 16.8. The van der Waals surface area contributed by atoms with Gasteiger partial charge in [0.15, 0.2) is 0 Å². The lowest BCUT2D eigenvalue weighted by molar-refractivity contribution is 0.174. The molecule has 126 valence electrons. The fourth-order valence-electron chi connectivity index (χ4n) is 3.00. The zero-order valence-electron chi connectivity index (χ0n) is 14.4. The van der Waals surface area contributed by atoms with E-state index < -0.39 is 0 Å². The maximum atomic E-state index is 5.96. The summed E-state index contributed by atoms with van der Waals surface area (Å²) in [6.45, 7) is 10.4. The summed E-state index contributed by atoms with van der Waals surface area (Å²) in [7, 11) is 2.14. The number of rotatable bonds is 3. The third kappa shape index (κ3) is 3.22. The van der Waals surface area contributed by atoms with Gasteiger partial charge >= 0.3 is 0 Å². The molecule has 3 rings (SSSR count). The van der Waals surface area contributed by atoms with Gasteiger partial charge in [-0.2, -0.15) is 0 Å². The van der Waals surface area contributed by atoms with E-state index in [0.29, 0.717) is 12.5 Å². The Hall–Kier alpha value is -1.20. The highest BCUT2D eigenvalue weighted by molar-refractivity contribution is 7.16. The third-order valence-corrected chi connectivity index (χ3v) is 5.89. The number of aliphatic imine (C=N–C) groups is 1. The lowest BCUT2D eigenvalue weighted by atomic mass is 10.1. The highest BCUT2D eigenvalue weighted by atomic mass is 35.5. The van der Waals surface area contributed by atoms with Gasteiger partial charge in [0.1, 0.15) is 11.5 Å². The van der Waals surface area contributed by atoms with Gasteiger partial charge in [-0.3, -0.25) is 0 Å². The Kier molecular flexibility index (Phi) is 4.13. The summed E-state index contributed by atoms with van der Waals surface area (Å²) in [4.78, 5) is 10.7. The van der Waals surface area contributed by atoms with Crippen LogP contribution in [0.5, 0.6) is 0 Å². The van der Waals surface area contributed by atoms with Gasteiger partial charge in [0.05, 0.1) is 16.5 Å². The van der Waals surface area contributed by atoms with Crippen LogP contribution in [0.2, 0.25) is 4.34 Å². The molecular formula is C17H24ClN3OS. The first kappa shape index (κ1) is 16.7. The van der Waals surface area contributed by atoms with Gasteiger partial charge in [-0.25, -0.2) is 4.99 Å². The van der Waals surface area contributed by atoms with E-state index in [2.05, 4.69) is 56.7 Å². The quantitative estimate of drug-likeness (QED) is 0.822. The van der Waals surface area contributed by atoms with Crippen molar-refractivity contribution in [1.82, 2.24) is 9.80 Å². The van der Waals surface area contributed by atoms with E-state index in [1.807, 2.05) is 6.07 Å². The molecule has 1 fully saturated rings. The fraction of sp³-hybridized carbons (Fsp3) is 0.588. The van der Waals surface area contributed by atoms with E-state index >= 15 is 0 Å². The smallest absolute Gasteiger partial charge is 0.214 e. The molecule has 0 aromatic carbocycles. The summed E-state index contributed by atoms with van der Waals surface area (Å²) in [6.07, 6.45) is 2.91. The van der Waals surface area contributed by atoms with E-state index in [9.17, 15) is 0 Å². The van der Waals surface area contributed by atoms with Crippen molar-refractivity contribution in [3.05, 3.63) is 33.2 Å². The van der Waals surface area contributed by atoms with E-state index in [1.165, 1.54) is 10.7 Å². The Morgan fingerprint density at radius 1 is 1.30 bits per heavy atom. The highest BCUT2D eigenvalue weighted by Gasteiger charge is 2.45. The SMILES string of the molecule is CN1C2=CC(OCCc3ccc(Cl)s3)=NC(C)(C)N2CC1(C)C. The molecule has 0 amide bonds. The molecular weight excluding hydrogens is 330 g/mol. The highest BCUT2D eigenvalue weighted by Crippen LogP contribution is 2.38. The van der Waals surface area contributed by atoms with Crippen molar-refractivity contribution in [3.63, 3.8) is 0 Å². The molecule has 0 atom stereocenters. The normalized spacial score (nSPS) is 21.8. The molecule has 0 aliphatic carbocycles. The van der Waals surface area contributed by atoms with Crippen LogP contribution in [0.3, 0.4) is 0 Å². The number of hydrogen-bond acceptors (Lipinski definition) is 5. The van der Waals surface area contributed by atoms with Crippen LogP contribution in [0.15, 0.2) is 29.0 Å². The summed E-state index contributed by atoms with van der Waals surface area (Å²) in [5.74, 6) is 1.90. The van der Waals surface area contributed by atoms with Crippen molar-refractivity contribution in [2.75, 3.05) is 20.2 Å². The van der Waals surface area contributed by atoms with Crippen LogP contribution in [0, 0.1) is 0 Å². The van der Waals surface area contributed by atoms with Crippen molar-refractivity contribution < 1.29 is 4.74 Å². The number of halogens is 1. The molecule has 0 bridgehead atoms. The average Bonchev–Trinajstić information content (AvgIpc) is 2.94. The Morgan fingerprint density at radius 2 is 2.04 bits per heavy atom. The van der Waals surface area contributed by atoms with Crippen LogP contribution in [0.25, 0.3) is 0 Å². The molecule has 1 aromatic heterocycles. The number of likely N-dealkylation sites (N-methyl/N-ethyl adjacent to an activating group) is 1. The first-order chi connectivity index (χ1) is 10.7. The molecule has 0 N–H and O–H groups in total. The lowest BCUT2D eigenvalue weighted by Gasteiger charge is -2.37. The largest absolute Gasteiger partial charge is 0.477 e. The van der Waals surface area contributed by atoms with Crippen LogP contribution in [-0.4, -0.2) is 47.1 Å². The second kappa shape index (κ2) is 5.71. The molecule has 1 saturated heterocycles. The molecule has 6 heteroatoms. The van der Waals surface area contributed by atoms with E-state index in [1.54, 1.807) is 11.3 Å². The topological polar surface area (TPSA) is 28.1 Å². The molecule has 23 heavy (non-hydrogen) atoms. The first-order valence-electron chi connectivity index (χ1n) is 7.89. The van der Waals surface area contributed by atoms with Crippen molar-refractivity contribution in [1.29, 1.82) is 0 Å². The number of ether oxygens (including phenoxy) is 1. The van der Waals surface area contributed by atoms with Crippen molar-refractivity contribution in [3.8, 4) is 0 Å². The van der Waals surface area contributed by atoms with E-state index in [-0.39, 0.29) is 11.2 Å². The third-order valence-electron chi connectivity index (χ3n) is 4.60. The van der Waals surface area contributed by atoms with E-state index in [4.69, 9.17) is 21.3 Å². The van der Waals surface area contributed by atoms with Gasteiger partial charge < -0.3 is 14.5 Å². The summed E-state index contributed by atoms with van der Waals surface area (Å²) < 4.78 is 6.76.